The predicted molar refractivity (Wildman–Crippen MR) is 221 cm³/mol. The number of ether oxygens (including phenoxy) is 2. The zero-order chi connectivity index (χ0) is 42.1. The third-order valence-corrected chi connectivity index (χ3v) is 12.9. The van der Waals surface area contributed by atoms with Gasteiger partial charge in [-0.15, -0.1) is 0 Å². The van der Waals surface area contributed by atoms with E-state index in [1.54, 1.807) is 25.2 Å². The predicted octanol–water partition coefficient (Wildman–Crippen LogP) is 6.18. The molecule has 2 amide bonds. The number of carbonyl (C=O) groups excluding carboxylic acids is 2. The number of rotatable bonds is 10. The highest BCUT2D eigenvalue weighted by Gasteiger charge is 2.33. The molecule has 0 unspecified atom stereocenters. The second-order valence-corrected chi connectivity index (χ2v) is 19.0. The number of carbonyl (C=O) groups is 2. The first kappa shape index (κ1) is 41.5. The van der Waals surface area contributed by atoms with Crippen molar-refractivity contribution in [3.63, 3.8) is 0 Å². The van der Waals surface area contributed by atoms with E-state index in [0.717, 1.165) is 61.2 Å². The first-order chi connectivity index (χ1) is 28.0. The zero-order valence-corrected chi connectivity index (χ0v) is 35.0. The van der Waals surface area contributed by atoms with Gasteiger partial charge in [0.05, 0.1) is 17.1 Å². The minimum Gasteiger partial charge on any atom is -0.446 e. The smallest absolute Gasteiger partial charge is 0.407 e. The Morgan fingerprint density at radius 1 is 0.763 bits per heavy atom. The van der Waals surface area contributed by atoms with E-state index < -0.39 is 20.3 Å². The lowest BCUT2D eigenvalue weighted by molar-refractivity contribution is 0.0972. The minimum absolute atomic E-state index is 0.0335. The lowest BCUT2D eigenvalue weighted by Crippen LogP contribution is -2.33. The number of hydrogen-bond donors (Lipinski definition) is 7. The average Bonchev–Trinajstić information content (AvgIpc) is 4.00. The Morgan fingerprint density at radius 3 is 1.83 bits per heavy atom. The average molecular weight is 855 g/mol. The molecule has 0 bridgehead atoms. The van der Waals surface area contributed by atoms with Crippen LogP contribution in [0.25, 0.3) is 0 Å². The van der Waals surface area contributed by atoms with E-state index in [9.17, 15) is 26.4 Å². The normalized spacial score (nSPS) is 22.1. The van der Waals surface area contributed by atoms with Gasteiger partial charge in [-0.2, -0.15) is 18.6 Å². The molecule has 0 radical (unpaired) electrons. The number of nitrogens with zero attached hydrogens (tertiary/aromatic N) is 3. The number of H-pyrrole nitrogens is 2. The second-order valence-electron chi connectivity index (χ2n) is 15.8. The number of anilines is 6. The van der Waals surface area contributed by atoms with Crippen LogP contribution in [0.5, 0.6) is 5.75 Å². The van der Waals surface area contributed by atoms with Gasteiger partial charge < -0.3 is 34.9 Å². The Labute approximate surface area is 343 Å². The van der Waals surface area contributed by atoms with Crippen LogP contribution in [0.1, 0.15) is 95.0 Å². The lowest BCUT2D eigenvalue weighted by Gasteiger charge is -2.14. The summed E-state index contributed by atoms with van der Waals surface area (Å²) in [6, 6.07) is 14.4. The molecule has 19 nitrogen and oxygen atoms in total. The van der Waals surface area contributed by atoms with E-state index >= 15 is 0 Å². The van der Waals surface area contributed by atoms with Crippen molar-refractivity contribution in [2.75, 3.05) is 26.7 Å². The Bertz CT molecular complexity index is 2400. The van der Waals surface area contributed by atoms with Gasteiger partial charge in [0, 0.05) is 71.9 Å². The van der Waals surface area contributed by atoms with Crippen molar-refractivity contribution in [3.8, 4) is 5.75 Å². The molecule has 2 fully saturated rings. The molecule has 4 atom stereocenters. The van der Waals surface area contributed by atoms with E-state index in [-0.39, 0.29) is 59.8 Å². The fourth-order valence-corrected chi connectivity index (χ4v) is 9.70. The Kier molecular flexibility index (Phi) is 11.9. The molecule has 2 aliphatic carbocycles. The van der Waals surface area contributed by atoms with Crippen LogP contribution in [0.3, 0.4) is 0 Å². The van der Waals surface area contributed by atoms with E-state index in [4.69, 9.17) is 13.7 Å². The number of amides is 2. The number of fused-ring (bicyclic) bond motifs is 2. The number of alkyl carbamates (subject to hydrolysis) is 2. The summed E-state index contributed by atoms with van der Waals surface area (Å²) in [7, 11) is -5.45. The molecule has 4 aliphatic rings. The van der Waals surface area contributed by atoms with Gasteiger partial charge in [0.2, 0.25) is 10.0 Å². The third kappa shape index (κ3) is 10.3. The van der Waals surface area contributed by atoms with E-state index in [1.165, 1.54) is 4.31 Å². The fraction of sp³-hybridized carbons (Fsp3) is 0.474. The van der Waals surface area contributed by atoms with Crippen LogP contribution < -0.4 is 34.5 Å². The summed E-state index contributed by atoms with van der Waals surface area (Å²) in [6.45, 7) is 7.58. The minimum atomic E-state index is -3.76. The molecule has 21 heteroatoms. The zero-order valence-electron chi connectivity index (χ0n) is 33.4. The molecule has 0 saturated heterocycles. The van der Waals surface area contributed by atoms with Gasteiger partial charge in [-0.25, -0.2) is 22.7 Å². The summed E-state index contributed by atoms with van der Waals surface area (Å²) in [6.07, 6.45) is 3.99. The molecule has 4 aromatic rings. The molecule has 59 heavy (non-hydrogen) atoms. The molecule has 2 aromatic carbocycles. The Balaban J connectivity index is 0.000000179. The monoisotopic (exact) mass is 854 g/mol. The van der Waals surface area contributed by atoms with Gasteiger partial charge in [-0.05, 0) is 96.0 Å². The number of aromatic nitrogens is 4. The molecular formula is C38H50N10O9S2. The van der Waals surface area contributed by atoms with Gasteiger partial charge in [0.25, 0.3) is 0 Å². The van der Waals surface area contributed by atoms with Crippen LogP contribution in [0.15, 0.2) is 48.5 Å². The molecule has 2 saturated carbocycles. The van der Waals surface area contributed by atoms with Crippen LogP contribution in [-0.4, -0.2) is 80.8 Å². The third-order valence-electron chi connectivity index (χ3n) is 10.3. The number of hydrogen-bond acceptors (Lipinski definition) is 13. The SMILES string of the molecule is CC(C)NC(=O)O[C@@H]1CC[C@H](c2cc(Nc3ccc4c(c3)N(C)S(=O)(=O)C4)n[nH]2)C1.CC(C)NC(=O)O[C@@H]1CC[C@H](c2cc(Nc3ccc4c(c3)OS(=O)(=O)N4)n[nH]2)C1. The van der Waals surface area contributed by atoms with Crippen LogP contribution in [-0.2, 0) is 35.6 Å². The Morgan fingerprint density at radius 2 is 1.29 bits per heavy atom. The summed E-state index contributed by atoms with van der Waals surface area (Å²) in [5, 5.41) is 26.6. The van der Waals surface area contributed by atoms with Crippen LogP contribution in [0, 0.1) is 0 Å². The second kappa shape index (κ2) is 16.9. The van der Waals surface area contributed by atoms with Gasteiger partial charge in [-0.3, -0.25) is 14.5 Å². The molecule has 8 rings (SSSR count). The number of sulfonamides is 1. The number of aromatic amines is 2. The molecule has 7 N–H and O–H groups in total. The van der Waals surface area contributed by atoms with Gasteiger partial charge in [0.1, 0.15) is 12.2 Å². The molecular weight excluding hydrogens is 805 g/mol. The largest absolute Gasteiger partial charge is 0.446 e. The standard InChI is InChI=1S/C20H27N5O4S.C18H23N5O5S/c1-12(2)21-20(26)29-16-7-5-13(8-16)17-10-19(24-23-17)22-15-6-4-14-11-30(27,28)25(3)18(14)9-15;1-10(2)19-18(24)27-13-5-3-11(7-13)15-9-17(22-21-15)20-12-4-6-14-16(8-12)28-29(25,26)23-14/h4,6,9-10,12-13,16H,5,7-8,11H2,1-3H3,(H,21,26)(H2,22,23,24);4,6,8-11,13,23H,3,5,7H2,1-2H3,(H,19,24)(H2,20,21,22)/t13-,16+;11-,13+/m00/s1. The van der Waals surface area contributed by atoms with Crippen molar-refractivity contribution in [3.05, 3.63) is 65.5 Å². The summed E-state index contributed by atoms with van der Waals surface area (Å²) in [4.78, 5) is 23.6. The highest BCUT2D eigenvalue weighted by atomic mass is 32.2. The molecule has 4 heterocycles. The van der Waals surface area contributed by atoms with Crippen LogP contribution in [0.2, 0.25) is 0 Å². The summed E-state index contributed by atoms with van der Waals surface area (Å²) < 4.78 is 66.4. The van der Waals surface area contributed by atoms with E-state index in [1.807, 2.05) is 58.0 Å². The van der Waals surface area contributed by atoms with Crippen molar-refractivity contribution in [2.45, 2.75) is 108 Å². The molecule has 2 aliphatic heterocycles. The van der Waals surface area contributed by atoms with Crippen LogP contribution >= 0.6 is 0 Å². The van der Waals surface area contributed by atoms with Gasteiger partial charge in [0.15, 0.2) is 17.4 Å². The maximum Gasteiger partial charge on any atom is 0.407 e. The summed E-state index contributed by atoms with van der Waals surface area (Å²) in [5.74, 6) is 2.02. The number of benzene rings is 2. The molecule has 0 spiro atoms. The van der Waals surface area contributed by atoms with Gasteiger partial charge >= 0.3 is 22.5 Å². The van der Waals surface area contributed by atoms with Crippen molar-refractivity contribution in [1.29, 1.82) is 0 Å². The highest BCUT2D eigenvalue weighted by molar-refractivity contribution is 7.92. The Hall–Kier alpha value is -5.70. The molecule has 318 valence electrons. The van der Waals surface area contributed by atoms with Crippen molar-refractivity contribution in [2.24, 2.45) is 0 Å². The van der Waals surface area contributed by atoms with E-state index in [2.05, 4.69) is 46.4 Å². The maximum atomic E-state index is 12.0. The van der Waals surface area contributed by atoms with Gasteiger partial charge in [-0.1, -0.05) is 6.07 Å². The van der Waals surface area contributed by atoms with Crippen molar-refractivity contribution >= 4 is 66.9 Å². The first-order valence-electron chi connectivity index (χ1n) is 19.5. The van der Waals surface area contributed by atoms with Crippen LogP contribution in [0.4, 0.5) is 44.0 Å². The topological polar surface area (TPSA) is 251 Å². The fourth-order valence-electron chi connectivity index (χ4n) is 7.54. The summed E-state index contributed by atoms with van der Waals surface area (Å²) >= 11 is 0. The highest BCUT2D eigenvalue weighted by Crippen LogP contribution is 2.39. The maximum absolute atomic E-state index is 12.0. The van der Waals surface area contributed by atoms with Crippen molar-refractivity contribution < 1.29 is 40.1 Å². The number of nitrogens with one attached hydrogen (secondary N) is 7. The van der Waals surface area contributed by atoms with E-state index in [0.29, 0.717) is 28.7 Å². The first-order valence-corrected chi connectivity index (χ1v) is 22.5. The quantitative estimate of drug-likeness (QED) is 0.0943. The summed E-state index contributed by atoms with van der Waals surface area (Å²) in [5.41, 5.74) is 5.26. The lowest BCUT2D eigenvalue weighted by atomic mass is 10.0. The van der Waals surface area contributed by atoms with Crippen molar-refractivity contribution in [1.82, 2.24) is 31.0 Å². The molecule has 2 aromatic heterocycles.